The van der Waals surface area contributed by atoms with E-state index in [2.05, 4.69) is 15.3 Å². The minimum Gasteiger partial charge on any atom is -0.359 e. The molecule has 11 heavy (non-hydrogen) atoms. The minimum atomic E-state index is -0.0950. The number of aryl methyl sites for hydroxylation is 1. The Morgan fingerprint density at radius 2 is 2.27 bits per heavy atom. The molecule has 0 amide bonds. The van der Waals surface area contributed by atoms with Crippen LogP contribution in [0.15, 0.2) is 4.79 Å². The van der Waals surface area contributed by atoms with E-state index in [4.69, 9.17) is 0 Å². The van der Waals surface area contributed by atoms with Crippen molar-refractivity contribution < 1.29 is 0 Å². The van der Waals surface area contributed by atoms with Crippen molar-refractivity contribution >= 4 is 28.5 Å². The Balaban J connectivity index is 3.32. The van der Waals surface area contributed by atoms with Gasteiger partial charge in [-0.25, -0.2) is 4.98 Å². The first-order valence-electron chi connectivity index (χ1n) is 3.09. The summed E-state index contributed by atoms with van der Waals surface area (Å²) < 4.78 is 0.640. The third-order valence-corrected chi connectivity index (χ3v) is 2.54. The number of aromatic nitrogens is 2. The lowest BCUT2D eigenvalue weighted by Crippen LogP contribution is -2.15. The molecule has 60 valence electrons. The zero-order chi connectivity index (χ0) is 8.43. The fourth-order valence-corrected chi connectivity index (χ4v) is 0.945. The van der Waals surface area contributed by atoms with Crippen LogP contribution >= 0.6 is 22.6 Å². The number of nitrogens with one attached hydrogen (secondary N) is 2. The van der Waals surface area contributed by atoms with Crippen LogP contribution in [0.25, 0.3) is 0 Å². The second-order valence-corrected chi connectivity index (χ2v) is 3.14. The predicted octanol–water partition coefficient (Wildman–Crippen LogP) is 0.725. The molecule has 0 radical (unpaired) electrons. The van der Waals surface area contributed by atoms with Crippen LogP contribution in [0.5, 0.6) is 0 Å². The third kappa shape index (κ3) is 1.70. The summed E-state index contributed by atoms with van der Waals surface area (Å²) in [5.74, 6) is 0.507. The van der Waals surface area contributed by atoms with E-state index in [1.165, 1.54) is 0 Å². The molecule has 0 aromatic carbocycles. The summed E-state index contributed by atoms with van der Waals surface area (Å²) >= 11 is 1.97. The molecule has 2 N–H and O–H groups in total. The molecule has 1 heterocycles. The van der Waals surface area contributed by atoms with Crippen molar-refractivity contribution in [2.24, 2.45) is 0 Å². The lowest BCUT2D eigenvalue weighted by molar-refractivity contribution is 1.04. The zero-order valence-corrected chi connectivity index (χ0v) is 8.39. The van der Waals surface area contributed by atoms with Gasteiger partial charge in [0, 0.05) is 7.05 Å². The molecular formula is C6H8IN3O. The second-order valence-electron chi connectivity index (χ2n) is 2.06. The summed E-state index contributed by atoms with van der Waals surface area (Å²) in [5.41, 5.74) is 0.654. The highest BCUT2D eigenvalue weighted by atomic mass is 127. The van der Waals surface area contributed by atoms with Crippen molar-refractivity contribution in [3.05, 3.63) is 19.6 Å². The smallest absolute Gasteiger partial charge is 0.265 e. The molecule has 0 atom stereocenters. The molecule has 0 saturated carbocycles. The van der Waals surface area contributed by atoms with Gasteiger partial charge in [-0.05, 0) is 29.5 Å². The Morgan fingerprint density at radius 3 is 2.73 bits per heavy atom. The molecule has 0 aliphatic carbocycles. The quantitative estimate of drug-likeness (QED) is 0.736. The third-order valence-electron chi connectivity index (χ3n) is 1.27. The van der Waals surface area contributed by atoms with E-state index in [0.717, 1.165) is 5.69 Å². The van der Waals surface area contributed by atoms with Gasteiger partial charge in [-0.2, -0.15) is 0 Å². The molecule has 4 nitrogen and oxygen atoms in total. The van der Waals surface area contributed by atoms with Gasteiger partial charge in [0.1, 0.15) is 0 Å². The molecular weight excluding hydrogens is 257 g/mol. The highest BCUT2D eigenvalue weighted by Crippen LogP contribution is 2.03. The molecule has 0 bridgehead atoms. The molecule has 0 fully saturated rings. The van der Waals surface area contributed by atoms with Crippen molar-refractivity contribution in [2.75, 3.05) is 12.4 Å². The molecule has 0 spiro atoms. The number of hydrogen-bond donors (Lipinski definition) is 2. The van der Waals surface area contributed by atoms with E-state index in [0.29, 0.717) is 9.52 Å². The predicted molar refractivity (Wildman–Crippen MR) is 51.9 cm³/mol. The molecule has 1 aromatic rings. The van der Waals surface area contributed by atoms with Crippen molar-refractivity contribution in [2.45, 2.75) is 6.92 Å². The first-order chi connectivity index (χ1) is 5.15. The molecule has 5 heteroatoms. The molecule has 0 unspecified atom stereocenters. The largest absolute Gasteiger partial charge is 0.359 e. The van der Waals surface area contributed by atoms with Crippen molar-refractivity contribution in [3.63, 3.8) is 0 Å². The average Bonchev–Trinajstić information content (AvgIpc) is 1.99. The number of hydrogen-bond acceptors (Lipinski definition) is 3. The van der Waals surface area contributed by atoms with Crippen LogP contribution in [0.4, 0.5) is 5.95 Å². The Morgan fingerprint density at radius 1 is 1.64 bits per heavy atom. The maximum atomic E-state index is 11.1. The van der Waals surface area contributed by atoms with E-state index in [1.54, 1.807) is 14.0 Å². The van der Waals surface area contributed by atoms with Gasteiger partial charge in [0.25, 0.3) is 5.56 Å². The van der Waals surface area contributed by atoms with Gasteiger partial charge in [-0.3, -0.25) is 9.78 Å². The summed E-state index contributed by atoms with van der Waals surface area (Å²) in [7, 11) is 1.71. The van der Waals surface area contributed by atoms with E-state index >= 15 is 0 Å². The number of rotatable bonds is 1. The molecule has 0 saturated heterocycles. The van der Waals surface area contributed by atoms with Gasteiger partial charge in [0.05, 0.1) is 9.26 Å². The maximum absolute atomic E-state index is 11.1. The van der Waals surface area contributed by atoms with E-state index in [1.807, 2.05) is 22.6 Å². The standard InChI is InChI=1S/C6H8IN3O/c1-3-4(7)5(11)10-6(8-2)9-3/h1-2H3,(H2,8,9,10,11). The molecule has 1 aromatic heterocycles. The van der Waals surface area contributed by atoms with Crippen LogP contribution in [0.1, 0.15) is 5.69 Å². The van der Waals surface area contributed by atoms with Gasteiger partial charge in [0.15, 0.2) is 0 Å². The Hall–Kier alpha value is -0.590. The first kappa shape index (κ1) is 8.51. The Bertz CT molecular complexity index is 320. The van der Waals surface area contributed by atoms with Crippen LogP contribution in [0.3, 0.4) is 0 Å². The van der Waals surface area contributed by atoms with Crippen LogP contribution in [-0.4, -0.2) is 17.0 Å². The van der Waals surface area contributed by atoms with Crippen LogP contribution in [0.2, 0.25) is 0 Å². The second kappa shape index (κ2) is 3.21. The van der Waals surface area contributed by atoms with Crippen molar-refractivity contribution in [1.29, 1.82) is 0 Å². The summed E-state index contributed by atoms with van der Waals surface area (Å²) in [6, 6.07) is 0. The lowest BCUT2D eigenvalue weighted by atomic mass is 10.4. The van der Waals surface area contributed by atoms with Crippen LogP contribution in [-0.2, 0) is 0 Å². The monoisotopic (exact) mass is 265 g/mol. The maximum Gasteiger partial charge on any atom is 0.265 e. The number of halogens is 1. The molecule has 0 aliphatic rings. The summed E-state index contributed by atoms with van der Waals surface area (Å²) in [5, 5.41) is 2.77. The van der Waals surface area contributed by atoms with E-state index in [-0.39, 0.29) is 5.56 Å². The van der Waals surface area contributed by atoms with Crippen molar-refractivity contribution in [3.8, 4) is 0 Å². The molecule has 1 rings (SSSR count). The normalized spacial score (nSPS) is 9.73. The van der Waals surface area contributed by atoms with Gasteiger partial charge in [0.2, 0.25) is 5.95 Å². The number of H-pyrrole nitrogens is 1. The summed E-state index contributed by atoms with van der Waals surface area (Å²) in [6.45, 7) is 1.80. The number of nitrogens with zero attached hydrogens (tertiary/aromatic N) is 1. The highest BCUT2D eigenvalue weighted by molar-refractivity contribution is 14.1. The topological polar surface area (TPSA) is 57.8 Å². The van der Waals surface area contributed by atoms with Gasteiger partial charge >= 0.3 is 0 Å². The zero-order valence-electron chi connectivity index (χ0n) is 6.23. The summed E-state index contributed by atoms with van der Waals surface area (Å²) in [6.07, 6.45) is 0. The van der Waals surface area contributed by atoms with Crippen molar-refractivity contribution in [1.82, 2.24) is 9.97 Å². The fourth-order valence-electron chi connectivity index (χ4n) is 0.690. The number of aromatic amines is 1. The SMILES string of the molecule is CNc1nc(C)c(I)c(=O)[nH]1. The summed E-state index contributed by atoms with van der Waals surface area (Å²) in [4.78, 5) is 17.7. The first-order valence-corrected chi connectivity index (χ1v) is 4.17. The van der Waals surface area contributed by atoms with Crippen LogP contribution < -0.4 is 10.9 Å². The fraction of sp³-hybridized carbons (Fsp3) is 0.333. The number of anilines is 1. The highest BCUT2D eigenvalue weighted by Gasteiger charge is 2.01. The Kier molecular flexibility index (Phi) is 2.48. The van der Waals surface area contributed by atoms with E-state index < -0.39 is 0 Å². The average molecular weight is 265 g/mol. The van der Waals surface area contributed by atoms with Gasteiger partial charge < -0.3 is 5.32 Å². The minimum absolute atomic E-state index is 0.0950. The Labute approximate surface area is 77.6 Å². The van der Waals surface area contributed by atoms with Crippen LogP contribution in [0, 0.1) is 10.5 Å². The van der Waals surface area contributed by atoms with E-state index in [9.17, 15) is 4.79 Å². The van der Waals surface area contributed by atoms with Gasteiger partial charge in [-0.1, -0.05) is 0 Å². The van der Waals surface area contributed by atoms with Gasteiger partial charge in [-0.15, -0.1) is 0 Å². The molecule has 0 aliphatic heterocycles. The lowest BCUT2D eigenvalue weighted by Gasteiger charge is -2.00.